The van der Waals surface area contributed by atoms with Gasteiger partial charge in [-0.3, -0.25) is 9.59 Å². The van der Waals surface area contributed by atoms with Crippen molar-refractivity contribution in [1.82, 2.24) is 0 Å². The van der Waals surface area contributed by atoms with Crippen LogP contribution in [0.15, 0.2) is 12.7 Å². The first-order valence-electron chi connectivity index (χ1n) is 3.54. The van der Waals surface area contributed by atoms with Crippen molar-refractivity contribution in [2.75, 3.05) is 7.11 Å². The summed E-state index contributed by atoms with van der Waals surface area (Å²) in [6.07, 6.45) is 0.599. The van der Waals surface area contributed by atoms with E-state index in [1.165, 1.54) is 7.11 Å². The molecule has 0 saturated carbocycles. The van der Waals surface area contributed by atoms with Crippen LogP contribution >= 0.6 is 0 Å². The molecular weight excluding hydrogens is 199 g/mol. The molecule has 6 heteroatoms. The van der Waals surface area contributed by atoms with Crippen LogP contribution in [0, 0.1) is 0 Å². The van der Waals surface area contributed by atoms with Crippen molar-refractivity contribution in [2.45, 2.75) is 12.8 Å². The Morgan fingerprint density at radius 2 is 1.79 bits per heavy atom. The molecule has 74 valence electrons. The van der Waals surface area contributed by atoms with E-state index in [1.807, 2.05) is 0 Å². The van der Waals surface area contributed by atoms with Crippen molar-refractivity contribution in [3.8, 4) is 0 Å². The number of rotatable bonds is 4. The van der Waals surface area contributed by atoms with Crippen molar-refractivity contribution in [3.05, 3.63) is 12.7 Å². The van der Waals surface area contributed by atoms with Gasteiger partial charge in [0.1, 0.15) is 0 Å². The quantitative estimate of drug-likeness (QED) is 0.219. The second-order valence-corrected chi connectivity index (χ2v) is 2.07. The summed E-state index contributed by atoms with van der Waals surface area (Å²) in [5.74, 6) is -2.12. The minimum atomic E-state index is -0.824. The molecule has 0 aliphatic rings. The van der Waals surface area contributed by atoms with E-state index in [9.17, 15) is 14.4 Å². The van der Waals surface area contributed by atoms with Gasteiger partial charge in [-0.1, -0.05) is 6.58 Å². The van der Waals surface area contributed by atoms with Crippen molar-refractivity contribution >= 4 is 17.9 Å². The Kier molecular flexibility index (Phi) is 10.1. The Bertz CT molecular complexity index is 241. The van der Waals surface area contributed by atoms with Gasteiger partial charge in [0, 0.05) is 6.08 Å². The van der Waals surface area contributed by atoms with Crippen molar-refractivity contribution < 1.29 is 54.8 Å². The van der Waals surface area contributed by atoms with E-state index in [-0.39, 0.29) is 43.8 Å². The smallest absolute Gasteiger partial charge is 1.00 e. The van der Waals surface area contributed by atoms with Gasteiger partial charge >= 0.3 is 47.5 Å². The van der Waals surface area contributed by atoms with Gasteiger partial charge in [0.25, 0.3) is 0 Å². The summed E-state index contributed by atoms with van der Waals surface area (Å²) in [5, 5.41) is 0. The number of hydrogen-bond donors (Lipinski definition) is 0. The Balaban J connectivity index is -0.000000720. The fourth-order valence-electron chi connectivity index (χ4n) is 0.511. The summed E-state index contributed by atoms with van der Waals surface area (Å²) in [4.78, 5) is 31.7. The van der Waals surface area contributed by atoms with E-state index in [4.69, 9.17) is 0 Å². The SMILES string of the molecule is C=CC(=O)OC(=O)CCC(=O)OC.[H-].[Na+]. The van der Waals surface area contributed by atoms with Crippen LogP contribution in [0.3, 0.4) is 0 Å². The molecule has 0 N–H and O–H groups in total. The molecular formula is C8H11NaO5. The van der Waals surface area contributed by atoms with Gasteiger partial charge in [-0.2, -0.15) is 0 Å². The van der Waals surface area contributed by atoms with Gasteiger partial charge in [-0.15, -0.1) is 0 Å². The molecule has 0 bridgehead atoms. The van der Waals surface area contributed by atoms with Crippen LogP contribution in [-0.2, 0) is 23.9 Å². The van der Waals surface area contributed by atoms with E-state index in [0.29, 0.717) is 0 Å². The van der Waals surface area contributed by atoms with Gasteiger partial charge < -0.3 is 10.9 Å². The molecule has 0 aromatic heterocycles. The summed E-state index contributed by atoms with van der Waals surface area (Å²) in [6.45, 7) is 3.11. The fourth-order valence-corrected chi connectivity index (χ4v) is 0.511. The van der Waals surface area contributed by atoms with Crippen molar-refractivity contribution in [1.29, 1.82) is 0 Å². The first kappa shape index (κ1) is 15.8. The van der Waals surface area contributed by atoms with Crippen LogP contribution in [0.5, 0.6) is 0 Å². The average molecular weight is 210 g/mol. The Morgan fingerprint density at radius 1 is 1.29 bits per heavy atom. The number of hydrogen-bond acceptors (Lipinski definition) is 5. The molecule has 0 saturated heterocycles. The van der Waals surface area contributed by atoms with Gasteiger partial charge in [0.05, 0.1) is 20.0 Å². The second-order valence-electron chi connectivity index (χ2n) is 2.07. The van der Waals surface area contributed by atoms with E-state index in [0.717, 1.165) is 6.08 Å². The molecule has 0 unspecified atom stereocenters. The summed E-state index contributed by atoms with van der Waals surface area (Å²) in [5.41, 5.74) is 0. The number of carbonyl (C=O) groups is 3. The van der Waals surface area contributed by atoms with Crippen LogP contribution in [0.2, 0.25) is 0 Å². The third-order valence-corrected chi connectivity index (χ3v) is 1.14. The summed E-state index contributed by atoms with van der Waals surface area (Å²) < 4.78 is 8.47. The van der Waals surface area contributed by atoms with E-state index < -0.39 is 17.9 Å². The van der Waals surface area contributed by atoms with E-state index >= 15 is 0 Å². The molecule has 0 aromatic rings. The molecule has 0 aliphatic carbocycles. The normalized spacial score (nSPS) is 8.07. The molecule has 0 aliphatic heterocycles. The van der Waals surface area contributed by atoms with Crippen LogP contribution in [-0.4, -0.2) is 25.0 Å². The van der Waals surface area contributed by atoms with E-state index in [1.54, 1.807) is 0 Å². The zero-order valence-corrected chi connectivity index (χ0v) is 10.2. The zero-order chi connectivity index (χ0) is 10.3. The molecule has 0 atom stereocenters. The van der Waals surface area contributed by atoms with Gasteiger partial charge in [-0.05, 0) is 0 Å². The van der Waals surface area contributed by atoms with Crippen LogP contribution in [0.25, 0.3) is 0 Å². The number of esters is 3. The molecule has 0 fully saturated rings. The Hall–Kier alpha value is -0.650. The zero-order valence-electron chi connectivity index (χ0n) is 9.24. The predicted octanol–water partition coefficient (Wildman–Crippen LogP) is -2.69. The predicted molar refractivity (Wildman–Crippen MR) is 43.7 cm³/mol. The molecule has 0 heterocycles. The molecule has 0 aromatic carbocycles. The van der Waals surface area contributed by atoms with Crippen molar-refractivity contribution in [3.63, 3.8) is 0 Å². The third kappa shape index (κ3) is 7.97. The number of ether oxygens (including phenoxy) is 2. The first-order valence-corrected chi connectivity index (χ1v) is 3.54. The molecule has 0 rings (SSSR count). The maximum atomic E-state index is 10.7. The largest absolute Gasteiger partial charge is 1.00 e. The minimum absolute atomic E-state index is 0. The summed E-state index contributed by atoms with van der Waals surface area (Å²) in [7, 11) is 1.21. The van der Waals surface area contributed by atoms with Gasteiger partial charge in [0.2, 0.25) is 0 Å². The molecule has 0 spiro atoms. The standard InChI is InChI=1S/C8H10O5.Na.H/c1-3-6(9)13-8(11)5-4-7(10)12-2;;/h3H,1,4-5H2,2H3;;/q;+1;-1. The molecule has 5 nitrogen and oxygen atoms in total. The topological polar surface area (TPSA) is 69.7 Å². The van der Waals surface area contributed by atoms with Crippen LogP contribution < -0.4 is 29.6 Å². The van der Waals surface area contributed by atoms with Gasteiger partial charge in [0.15, 0.2) is 0 Å². The monoisotopic (exact) mass is 210 g/mol. The molecule has 0 radical (unpaired) electrons. The first-order chi connectivity index (χ1) is 6.10. The second kappa shape index (κ2) is 8.93. The maximum Gasteiger partial charge on any atom is 1.00 e. The minimum Gasteiger partial charge on any atom is -1.00 e. The Labute approximate surface area is 105 Å². The van der Waals surface area contributed by atoms with Gasteiger partial charge in [-0.25, -0.2) is 4.79 Å². The average Bonchev–Trinajstić information content (AvgIpc) is 2.13. The Morgan fingerprint density at radius 3 is 2.21 bits per heavy atom. The fraction of sp³-hybridized carbons (Fsp3) is 0.375. The van der Waals surface area contributed by atoms with Crippen LogP contribution in [0.1, 0.15) is 14.3 Å². The summed E-state index contributed by atoms with van der Waals surface area (Å²) >= 11 is 0. The number of methoxy groups -OCH3 is 1. The maximum absolute atomic E-state index is 10.7. The molecule has 14 heavy (non-hydrogen) atoms. The number of carbonyl (C=O) groups excluding carboxylic acids is 3. The van der Waals surface area contributed by atoms with Crippen LogP contribution in [0.4, 0.5) is 0 Å². The molecule has 0 amide bonds. The summed E-state index contributed by atoms with van der Waals surface area (Å²) in [6, 6.07) is 0. The third-order valence-electron chi connectivity index (χ3n) is 1.14. The van der Waals surface area contributed by atoms with Crippen molar-refractivity contribution in [2.24, 2.45) is 0 Å². The van der Waals surface area contributed by atoms with E-state index in [2.05, 4.69) is 16.1 Å².